The van der Waals surface area contributed by atoms with Crippen molar-refractivity contribution in [2.45, 2.75) is 12.6 Å². The number of guanidine groups is 1. The maximum absolute atomic E-state index is 12.4. The fourth-order valence-electron chi connectivity index (χ4n) is 2.55. The Labute approximate surface area is 203 Å². The van der Waals surface area contributed by atoms with Crippen LogP contribution in [0.1, 0.15) is 15.9 Å². The molecule has 0 aliphatic heterocycles. The molecule has 0 aliphatic carbocycles. The summed E-state index contributed by atoms with van der Waals surface area (Å²) in [5.41, 5.74) is 5.74. The zero-order valence-corrected chi connectivity index (χ0v) is 19.4. The first-order chi connectivity index (χ1) is 16.2. The first kappa shape index (κ1) is 26.3. The van der Waals surface area contributed by atoms with E-state index in [9.17, 15) is 24.6 Å². The van der Waals surface area contributed by atoms with Gasteiger partial charge in [-0.05, 0) is 29.8 Å². The van der Waals surface area contributed by atoms with E-state index in [4.69, 9.17) is 20.6 Å². The molecule has 2 amide bonds. The van der Waals surface area contributed by atoms with E-state index in [1.165, 1.54) is 18.2 Å². The van der Waals surface area contributed by atoms with Gasteiger partial charge in [0.25, 0.3) is 5.91 Å². The van der Waals surface area contributed by atoms with Crippen LogP contribution >= 0.6 is 15.9 Å². The molecule has 0 unspecified atom stereocenters. The molecule has 1 atom stereocenters. The number of halogens is 1. The molecule has 0 bridgehead atoms. The second-order valence-corrected chi connectivity index (χ2v) is 7.73. The fourth-order valence-corrected chi connectivity index (χ4v) is 2.82. The number of carboxylic acids is 1. The van der Waals surface area contributed by atoms with Crippen molar-refractivity contribution in [2.24, 2.45) is 5.73 Å². The zero-order valence-electron chi connectivity index (χ0n) is 17.8. The average molecular weight is 538 g/mol. The lowest BCUT2D eigenvalue weighted by Crippen LogP contribution is -2.48. The van der Waals surface area contributed by atoms with Crippen molar-refractivity contribution in [1.82, 2.24) is 16.0 Å². The number of nitrogens with one attached hydrogen (secondary N) is 4. The van der Waals surface area contributed by atoms with Crippen molar-refractivity contribution in [3.05, 3.63) is 58.1 Å². The molecule has 0 saturated carbocycles. The smallest absolute Gasteiger partial charge is 0.408 e. The summed E-state index contributed by atoms with van der Waals surface area (Å²) in [4.78, 5) is 35.8. The number of phenolic OH excluding ortho intramolecular Hbond substituents is 1. The molecule has 182 valence electrons. The summed E-state index contributed by atoms with van der Waals surface area (Å²) in [6.45, 7) is -0.0806. The van der Waals surface area contributed by atoms with Crippen molar-refractivity contribution < 1.29 is 34.1 Å². The number of ether oxygens (including phenoxy) is 2. The van der Waals surface area contributed by atoms with E-state index in [0.29, 0.717) is 5.56 Å². The predicted molar refractivity (Wildman–Crippen MR) is 125 cm³/mol. The van der Waals surface area contributed by atoms with E-state index in [2.05, 4.69) is 31.9 Å². The number of aliphatic carboxylic acids is 1. The van der Waals surface area contributed by atoms with Crippen molar-refractivity contribution in [2.75, 3.05) is 19.7 Å². The molecule has 0 aromatic heterocycles. The van der Waals surface area contributed by atoms with Gasteiger partial charge in [0.15, 0.2) is 5.96 Å². The van der Waals surface area contributed by atoms with Gasteiger partial charge in [-0.25, -0.2) is 9.59 Å². The van der Waals surface area contributed by atoms with Crippen LogP contribution in [0.25, 0.3) is 0 Å². The molecule has 0 fully saturated rings. The van der Waals surface area contributed by atoms with Crippen LogP contribution < -0.4 is 26.4 Å². The predicted octanol–water partition coefficient (Wildman–Crippen LogP) is 1.13. The third-order valence-corrected chi connectivity index (χ3v) is 4.77. The number of alkyl carbamates (subject to hydrolysis) is 1. The van der Waals surface area contributed by atoms with Crippen molar-refractivity contribution in [1.29, 1.82) is 5.41 Å². The van der Waals surface area contributed by atoms with Crippen LogP contribution in [0.15, 0.2) is 46.9 Å². The summed E-state index contributed by atoms with van der Waals surface area (Å²) in [7, 11) is 0. The molecule has 34 heavy (non-hydrogen) atoms. The highest BCUT2D eigenvalue weighted by atomic mass is 79.9. The Kier molecular flexibility index (Phi) is 9.95. The number of hydrogen-bond acceptors (Lipinski definition) is 7. The maximum atomic E-state index is 12.4. The van der Waals surface area contributed by atoms with Gasteiger partial charge in [0.2, 0.25) is 0 Å². The SMILES string of the molecule is N=C(N)NCCOc1ccc(C(=O)NC[C@H](NC(=O)OCc2ccc(Br)cc2)C(=O)O)c(O)c1. The number of aromatic hydroxyl groups is 1. The van der Waals surface area contributed by atoms with Crippen LogP contribution in [-0.4, -0.2) is 59.9 Å². The highest BCUT2D eigenvalue weighted by Crippen LogP contribution is 2.23. The molecule has 0 saturated heterocycles. The van der Waals surface area contributed by atoms with Crippen LogP contribution in [0.5, 0.6) is 11.5 Å². The summed E-state index contributed by atoms with van der Waals surface area (Å²) in [5, 5.41) is 33.5. The summed E-state index contributed by atoms with van der Waals surface area (Å²) in [6.07, 6.45) is -0.965. The standard InChI is InChI=1S/C21H24BrN5O7/c22-13-3-1-12(2-4-13)11-34-21(32)27-16(19(30)31)10-26-18(29)15-6-5-14(9-17(15)28)33-8-7-25-20(23)24/h1-6,9,16,28H,7-8,10-11H2,(H,26,29)(H,27,32)(H,30,31)(H4,23,24,25)/t16-/m0/s1. The van der Waals surface area contributed by atoms with E-state index in [1.54, 1.807) is 24.3 Å². The normalized spacial score (nSPS) is 11.1. The van der Waals surface area contributed by atoms with Crippen LogP contribution in [0.4, 0.5) is 4.79 Å². The Morgan fingerprint density at radius 1 is 1.12 bits per heavy atom. The van der Waals surface area contributed by atoms with E-state index < -0.39 is 30.6 Å². The minimum atomic E-state index is -1.46. The largest absolute Gasteiger partial charge is 0.507 e. The van der Waals surface area contributed by atoms with Gasteiger partial charge in [0.05, 0.1) is 12.1 Å². The van der Waals surface area contributed by atoms with Crippen molar-refractivity contribution in [3.63, 3.8) is 0 Å². The molecular formula is C21H24BrN5O7. The lowest BCUT2D eigenvalue weighted by molar-refractivity contribution is -0.139. The number of carbonyl (C=O) groups excluding carboxylic acids is 2. The van der Waals surface area contributed by atoms with Gasteiger partial charge < -0.3 is 41.4 Å². The molecule has 13 heteroatoms. The molecule has 2 aromatic carbocycles. The fraction of sp³-hybridized carbons (Fsp3) is 0.238. The van der Waals surface area contributed by atoms with Crippen LogP contribution in [0, 0.1) is 5.41 Å². The van der Waals surface area contributed by atoms with Gasteiger partial charge in [-0.15, -0.1) is 0 Å². The maximum Gasteiger partial charge on any atom is 0.408 e. The molecule has 0 radical (unpaired) electrons. The van der Waals surface area contributed by atoms with E-state index in [-0.39, 0.29) is 42.8 Å². The van der Waals surface area contributed by atoms with Crippen molar-refractivity contribution >= 4 is 39.9 Å². The molecule has 2 rings (SSSR count). The Morgan fingerprint density at radius 2 is 1.82 bits per heavy atom. The summed E-state index contributed by atoms with van der Waals surface area (Å²) >= 11 is 3.29. The Bertz CT molecular complexity index is 1030. The number of nitrogens with two attached hydrogens (primary N) is 1. The van der Waals surface area contributed by atoms with Crippen LogP contribution in [0.2, 0.25) is 0 Å². The number of benzene rings is 2. The number of hydrogen-bond donors (Lipinski definition) is 7. The zero-order chi connectivity index (χ0) is 25.1. The Morgan fingerprint density at radius 3 is 2.44 bits per heavy atom. The number of amides is 2. The van der Waals surface area contributed by atoms with E-state index in [0.717, 1.165) is 4.47 Å². The van der Waals surface area contributed by atoms with Gasteiger partial charge >= 0.3 is 12.1 Å². The van der Waals surface area contributed by atoms with Gasteiger partial charge in [-0.1, -0.05) is 28.1 Å². The monoisotopic (exact) mass is 537 g/mol. The Balaban J connectivity index is 1.85. The summed E-state index contributed by atoms with van der Waals surface area (Å²) < 4.78 is 11.2. The van der Waals surface area contributed by atoms with Gasteiger partial charge in [-0.3, -0.25) is 10.2 Å². The molecular weight excluding hydrogens is 514 g/mol. The lowest BCUT2D eigenvalue weighted by Gasteiger charge is -2.16. The lowest BCUT2D eigenvalue weighted by atomic mass is 10.1. The third kappa shape index (κ3) is 8.86. The van der Waals surface area contributed by atoms with Gasteiger partial charge in [-0.2, -0.15) is 0 Å². The van der Waals surface area contributed by atoms with E-state index >= 15 is 0 Å². The minimum absolute atomic E-state index is 0.0646. The third-order valence-electron chi connectivity index (χ3n) is 4.24. The molecule has 2 aromatic rings. The number of carbonyl (C=O) groups is 3. The van der Waals surface area contributed by atoms with Crippen LogP contribution in [-0.2, 0) is 16.1 Å². The molecule has 0 aliphatic rings. The molecule has 0 heterocycles. The average Bonchev–Trinajstić information content (AvgIpc) is 2.78. The number of rotatable bonds is 11. The molecule has 0 spiro atoms. The van der Waals surface area contributed by atoms with E-state index in [1.807, 2.05) is 0 Å². The molecule has 12 nitrogen and oxygen atoms in total. The first-order valence-corrected chi connectivity index (χ1v) is 10.7. The van der Waals surface area contributed by atoms with Crippen molar-refractivity contribution in [3.8, 4) is 11.5 Å². The van der Waals surface area contributed by atoms with Gasteiger partial charge in [0, 0.05) is 17.1 Å². The first-order valence-electron chi connectivity index (χ1n) is 9.88. The molecule has 8 N–H and O–H groups in total. The summed E-state index contributed by atoms with van der Waals surface area (Å²) in [5.74, 6) is -2.45. The topological polar surface area (TPSA) is 196 Å². The summed E-state index contributed by atoms with van der Waals surface area (Å²) in [6, 6.07) is 9.51. The Hall–Kier alpha value is -4.00. The second-order valence-electron chi connectivity index (χ2n) is 6.82. The second kappa shape index (κ2) is 12.9. The van der Waals surface area contributed by atoms with Gasteiger partial charge in [0.1, 0.15) is 30.8 Å². The highest BCUT2D eigenvalue weighted by Gasteiger charge is 2.22. The minimum Gasteiger partial charge on any atom is -0.507 e. The number of phenols is 1. The highest BCUT2D eigenvalue weighted by molar-refractivity contribution is 9.10. The number of carboxylic acid groups (broad SMARTS) is 1. The van der Waals surface area contributed by atoms with Crippen LogP contribution in [0.3, 0.4) is 0 Å². The quantitative estimate of drug-likeness (QED) is 0.125.